The number of hydrogen-bond acceptors (Lipinski definition) is 2. The highest BCUT2D eigenvalue weighted by Gasteiger charge is 2.07. The van der Waals surface area contributed by atoms with Crippen LogP contribution in [-0.2, 0) is 0 Å². The molecular weight excluding hydrogens is 268 g/mol. The first-order valence-electron chi connectivity index (χ1n) is 6.60. The van der Waals surface area contributed by atoms with E-state index in [0.29, 0.717) is 5.02 Å². The van der Waals surface area contributed by atoms with Crippen LogP contribution in [-0.4, -0.2) is 4.98 Å². The van der Waals surface area contributed by atoms with Gasteiger partial charge in [0.05, 0.1) is 5.52 Å². The summed E-state index contributed by atoms with van der Waals surface area (Å²) < 4.78 is 0. The molecular formula is C17H15ClN2. The maximum Gasteiger partial charge on any atom is 0.0737 e. The standard InChI is InChI=1S/C17H15ClN2/c1-12(13-5-3-2-4-6-13)20-16-9-10-19-17-11-14(18)7-8-15(16)17/h2-12H,1H3,(H,19,20)/t12-/m0/s1. The van der Waals surface area contributed by atoms with Crippen molar-refractivity contribution in [1.29, 1.82) is 0 Å². The van der Waals surface area contributed by atoms with Gasteiger partial charge < -0.3 is 5.32 Å². The zero-order valence-corrected chi connectivity index (χ0v) is 11.9. The van der Waals surface area contributed by atoms with E-state index in [1.807, 2.05) is 30.3 Å². The van der Waals surface area contributed by atoms with Gasteiger partial charge in [-0.25, -0.2) is 0 Å². The highest BCUT2D eigenvalue weighted by molar-refractivity contribution is 6.31. The number of nitrogens with zero attached hydrogens (tertiary/aromatic N) is 1. The van der Waals surface area contributed by atoms with Crippen molar-refractivity contribution in [3.05, 3.63) is 71.4 Å². The molecule has 0 spiro atoms. The van der Waals surface area contributed by atoms with E-state index < -0.39 is 0 Å². The first kappa shape index (κ1) is 12.9. The van der Waals surface area contributed by atoms with Crippen LogP contribution in [0.5, 0.6) is 0 Å². The van der Waals surface area contributed by atoms with Crippen LogP contribution in [0.4, 0.5) is 5.69 Å². The van der Waals surface area contributed by atoms with Gasteiger partial charge in [0, 0.05) is 28.3 Å². The highest BCUT2D eigenvalue weighted by atomic mass is 35.5. The Labute approximate surface area is 123 Å². The number of halogens is 1. The number of rotatable bonds is 3. The van der Waals surface area contributed by atoms with Crippen LogP contribution in [0.2, 0.25) is 5.02 Å². The Kier molecular flexibility index (Phi) is 3.57. The van der Waals surface area contributed by atoms with E-state index in [2.05, 4.69) is 41.5 Å². The fourth-order valence-electron chi connectivity index (χ4n) is 2.31. The van der Waals surface area contributed by atoms with Gasteiger partial charge in [0.1, 0.15) is 0 Å². The van der Waals surface area contributed by atoms with Gasteiger partial charge in [-0.05, 0) is 36.8 Å². The molecule has 1 N–H and O–H groups in total. The van der Waals surface area contributed by atoms with Gasteiger partial charge in [0.15, 0.2) is 0 Å². The van der Waals surface area contributed by atoms with E-state index in [1.54, 1.807) is 6.20 Å². The molecule has 0 amide bonds. The molecule has 3 heteroatoms. The smallest absolute Gasteiger partial charge is 0.0737 e. The zero-order valence-electron chi connectivity index (χ0n) is 11.2. The van der Waals surface area contributed by atoms with E-state index in [0.717, 1.165) is 16.6 Å². The summed E-state index contributed by atoms with van der Waals surface area (Å²) in [6.07, 6.45) is 1.80. The van der Waals surface area contributed by atoms with Crippen molar-refractivity contribution in [3.63, 3.8) is 0 Å². The number of benzene rings is 2. The molecule has 3 aromatic rings. The predicted octanol–water partition coefficient (Wildman–Crippen LogP) is 5.06. The van der Waals surface area contributed by atoms with E-state index in [-0.39, 0.29) is 6.04 Å². The third kappa shape index (κ3) is 2.61. The molecule has 1 atom stereocenters. The number of nitrogens with one attached hydrogen (secondary N) is 1. The second-order valence-corrected chi connectivity index (χ2v) is 5.23. The summed E-state index contributed by atoms with van der Waals surface area (Å²) in [6.45, 7) is 2.15. The van der Waals surface area contributed by atoms with E-state index in [1.165, 1.54) is 5.56 Å². The van der Waals surface area contributed by atoms with Crippen molar-refractivity contribution < 1.29 is 0 Å². The summed E-state index contributed by atoms with van der Waals surface area (Å²) >= 11 is 6.01. The minimum atomic E-state index is 0.234. The minimum Gasteiger partial charge on any atom is -0.378 e. The average Bonchev–Trinajstić information content (AvgIpc) is 2.48. The molecule has 0 aliphatic rings. The Hall–Kier alpha value is -2.06. The summed E-state index contributed by atoms with van der Waals surface area (Å²) in [4.78, 5) is 4.36. The van der Waals surface area contributed by atoms with Crippen molar-refractivity contribution >= 4 is 28.2 Å². The molecule has 3 rings (SSSR count). The van der Waals surface area contributed by atoms with Crippen LogP contribution in [0.1, 0.15) is 18.5 Å². The molecule has 0 saturated carbocycles. The molecule has 0 fully saturated rings. The summed E-state index contributed by atoms with van der Waals surface area (Å²) in [5.41, 5.74) is 3.23. The van der Waals surface area contributed by atoms with Crippen molar-refractivity contribution in [2.75, 3.05) is 5.32 Å². The van der Waals surface area contributed by atoms with E-state index >= 15 is 0 Å². The van der Waals surface area contributed by atoms with E-state index in [9.17, 15) is 0 Å². The number of hydrogen-bond donors (Lipinski definition) is 1. The van der Waals surface area contributed by atoms with Crippen LogP contribution in [0.3, 0.4) is 0 Å². The van der Waals surface area contributed by atoms with Gasteiger partial charge in [-0.1, -0.05) is 41.9 Å². The Morgan fingerprint density at radius 2 is 1.85 bits per heavy atom. The Balaban J connectivity index is 1.95. The second kappa shape index (κ2) is 5.51. The van der Waals surface area contributed by atoms with Crippen LogP contribution in [0, 0.1) is 0 Å². The van der Waals surface area contributed by atoms with Crippen molar-refractivity contribution in [2.45, 2.75) is 13.0 Å². The number of aromatic nitrogens is 1. The van der Waals surface area contributed by atoms with Gasteiger partial charge >= 0.3 is 0 Å². The Bertz CT molecular complexity index is 725. The molecule has 2 nitrogen and oxygen atoms in total. The Morgan fingerprint density at radius 1 is 1.05 bits per heavy atom. The molecule has 2 aromatic carbocycles. The largest absolute Gasteiger partial charge is 0.378 e. The molecule has 0 aliphatic carbocycles. The first-order valence-corrected chi connectivity index (χ1v) is 6.97. The summed E-state index contributed by atoms with van der Waals surface area (Å²) in [5, 5.41) is 5.33. The van der Waals surface area contributed by atoms with Gasteiger partial charge in [-0.15, -0.1) is 0 Å². The Morgan fingerprint density at radius 3 is 2.65 bits per heavy atom. The lowest BCUT2D eigenvalue weighted by Crippen LogP contribution is -2.06. The molecule has 100 valence electrons. The average molecular weight is 283 g/mol. The van der Waals surface area contributed by atoms with Gasteiger partial charge in [0.25, 0.3) is 0 Å². The molecule has 0 bridgehead atoms. The molecule has 20 heavy (non-hydrogen) atoms. The lowest BCUT2D eigenvalue weighted by molar-refractivity contribution is 0.886. The first-order chi connectivity index (χ1) is 9.74. The van der Waals surface area contributed by atoms with Gasteiger partial charge in [-0.3, -0.25) is 4.98 Å². The third-order valence-corrected chi connectivity index (χ3v) is 3.61. The maximum atomic E-state index is 6.01. The zero-order chi connectivity index (χ0) is 13.9. The molecule has 1 aromatic heterocycles. The van der Waals surface area contributed by atoms with E-state index in [4.69, 9.17) is 11.6 Å². The topological polar surface area (TPSA) is 24.9 Å². The fourth-order valence-corrected chi connectivity index (χ4v) is 2.47. The fraction of sp³-hybridized carbons (Fsp3) is 0.118. The minimum absolute atomic E-state index is 0.234. The summed E-state index contributed by atoms with van der Waals surface area (Å²) in [7, 11) is 0. The molecule has 1 heterocycles. The lowest BCUT2D eigenvalue weighted by atomic mass is 10.1. The summed E-state index contributed by atoms with van der Waals surface area (Å²) in [6, 6.07) is 18.4. The molecule has 0 unspecified atom stereocenters. The maximum absolute atomic E-state index is 6.01. The summed E-state index contributed by atoms with van der Waals surface area (Å²) in [5.74, 6) is 0. The molecule has 0 aliphatic heterocycles. The second-order valence-electron chi connectivity index (χ2n) is 4.80. The van der Waals surface area contributed by atoms with Crippen LogP contribution in [0.15, 0.2) is 60.8 Å². The van der Waals surface area contributed by atoms with Crippen molar-refractivity contribution in [1.82, 2.24) is 4.98 Å². The highest BCUT2D eigenvalue weighted by Crippen LogP contribution is 2.27. The monoisotopic (exact) mass is 282 g/mol. The van der Waals surface area contributed by atoms with Gasteiger partial charge in [-0.2, -0.15) is 0 Å². The SMILES string of the molecule is C[C@H](Nc1ccnc2cc(Cl)ccc12)c1ccccc1. The number of anilines is 1. The van der Waals surface area contributed by atoms with Crippen LogP contribution >= 0.6 is 11.6 Å². The van der Waals surface area contributed by atoms with Crippen molar-refractivity contribution in [2.24, 2.45) is 0 Å². The molecule has 0 radical (unpaired) electrons. The van der Waals surface area contributed by atoms with Gasteiger partial charge in [0.2, 0.25) is 0 Å². The number of pyridine rings is 1. The van der Waals surface area contributed by atoms with Crippen LogP contribution < -0.4 is 5.32 Å². The normalized spacial score (nSPS) is 12.3. The predicted molar refractivity (Wildman–Crippen MR) is 85.2 cm³/mol. The number of fused-ring (bicyclic) bond motifs is 1. The quantitative estimate of drug-likeness (QED) is 0.726. The van der Waals surface area contributed by atoms with Crippen LogP contribution in [0.25, 0.3) is 10.9 Å². The third-order valence-electron chi connectivity index (χ3n) is 3.38. The lowest BCUT2D eigenvalue weighted by Gasteiger charge is -2.17. The molecule has 0 saturated heterocycles. The van der Waals surface area contributed by atoms with Crippen molar-refractivity contribution in [3.8, 4) is 0 Å².